The van der Waals surface area contributed by atoms with Crippen molar-refractivity contribution < 1.29 is 23.8 Å². The number of nitrogens with one attached hydrogen (secondary N) is 1. The van der Waals surface area contributed by atoms with Gasteiger partial charge in [-0.1, -0.05) is 26.8 Å². The number of fused-ring (bicyclic) bond motifs is 1. The largest absolute Gasteiger partial charge is 0.497 e. The molecule has 1 N–H and O–H groups in total. The first-order valence-corrected chi connectivity index (χ1v) is 15.3. The van der Waals surface area contributed by atoms with Crippen LogP contribution in [0.2, 0.25) is 0 Å². The number of anilines is 1. The molecule has 0 saturated heterocycles. The zero-order valence-corrected chi connectivity index (χ0v) is 26.6. The van der Waals surface area contributed by atoms with Crippen LogP contribution in [0.3, 0.4) is 0 Å². The van der Waals surface area contributed by atoms with E-state index in [9.17, 15) is 9.59 Å². The van der Waals surface area contributed by atoms with Crippen LogP contribution in [-0.2, 0) is 21.5 Å². The van der Waals surface area contributed by atoms with Crippen molar-refractivity contribution in [3.8, 4) is 22.9 Å². The van der Waals surface area contributed by atoms with Crippen molar-refractivity contribution in [3.05, 3.63) is 89.4 Å². The van der Waals surface area contributed by atoms with Crippen molar-refractivity contribution >= 4 is 29.4 Å². The Labute approximate surface area is 261 Å². The summed E-state index contributed by atoms with van der Waals surface area (Å²) < 4.78 is 18.3. The van der Waals surface area contributed by atoms with Gasteiger partial charge in [-0.05, 0) is 59.7 Å². The van der Waals surface area contributed by atoms with Crippen molar-refractivity contribution in [1.29, 1.82) is 0 Å². The molecule has 44 heavy (non-hydrogen) atoms. The van der Waals surface area contributed by atoms with Crippen LogP contribution in [0.1, 0.15) is 48.4 Å². The van der Waals surface area contributed by atoms with Crippen LogP contribution < -0.4 is 24.4 Å². The Hall–Kier alpha value is -4.51. The fraction of sp³-hybridized carbons (Fsp3) is 0.333. The van der Waals surface area contributed by atoms with E-state index < -0.39 is 0 Å². The predicted molar refractivity (Wildman–Crippen MR) is 171 cm³/mol. The van der Waals surface area contributed by atoms with Crippen LogP contribution in [0.25, 0.3) is 5.69 Å². The van der Waals surface area contributed by atoms with Gasteiger partial charge in [0.25, 0.3) is 0 Å². The van der Waals surface area contributed by atoms with E-state index >= 15 is 0 Å². The average molecular weight is 616 g/mol. The Balaban J connectivity index is 1.67. The fourth-order valence-electron chi connectivity index (χ4n) is 5.16. The molecule has 1 atom stereocenters. The van der Waals surface area contributed by atoms with E-state index in [-0.39, 0.29) is 34.8 Å². The molecule has 5 rings (SSSR count). The van der Waals surface area contributed by atoms with Crippen LogP contribution in [0, 0.1) is 0 Å². The van der Waals surface area contributed by atoms with Crippen LogP contribution in [-0.4, -0.2) is 60.2 Å². The van der Waals surface area contributed by atoms with Crippen LogP contribution in [0.5, 0.6) is 17.2 Å². The van der Waals surface area contributed by atoms with E-state index in [0.29, 0.717) is 29.6 Å². The molecule has 2 aromatic heterocycles. The fourth-order valence-corrected chi connectivity index (χ4v) is 6.34. The zero-order chi connectivity index (χ0) is 31.4. The number of carbonyl (C=O) groups is 2. The standard InChI is InChI=1S/C33H37N5O5S/c1-33(2,3)31-29-30(22-7-12-25(42-5)26(17-22)43-6)44-20-28(40)37(19-27(39)35-18-21-13-15-34-16-14-21)32(29)38(36-31)23-8-10-24(41-4)11-9-23/h7-17,30H,18-20H2,1-6H3,(H,35,39)/t30-/m0/s1. The molecule has 1 aliphatic rings. The van der Waals surface area contributed by atoms with E-state index in [4.69, 9.17) is 19.3 Å². The molecule has 230 valence electrons. The van der Waals surface area contributed by atoms with Gasteiger partial charge in [-0.3, -0.25) is 19.5 Å². The van der Waals surface area contributed by atoms with Gasteiger partial charge in [-0.25, -0.2) is 4.68 Å². The first kappa shape index (κ1) is 30.9. The van der Waals surface area contributed by atoms with E-state index in [2.05, 4.69) is 31.1 Å². The second-order valence-electron chi connectivity index (χ2n) is 11.4. The third-order valence-corrected chi connectivity index (χ3v) is 8.62. The minimum atomic E-state index is -0.389. The van der Waals surface area contributed by atoms with Gasteiger partial charge in [0.15, 0.2) is 11.5 Å². The number of pyridine rings is 1. The molecule has 1 aliphatic heterocycles. The van der Waals surface area contributed by atoms with Gasteiger partial charge in [-0.15, -0.1) is 11.8 Å². The summed E-state index contributed by atoms with van der Waals surface area (Å²) in [6.45, 7) is 6.46. The first-order valence-electron chi connectivity index (χ1n) is 14.2. The number of rotatable bonds is 9. The van der Waals surface area contributed by atoms with Gasteiger partial charge >= 0.3 is 0 Å². The van der Waals surface area contributed by atoms with Crippen LogP contribution in [0.15, 0.2) is 67.0 Å². The molecule has 0 spiro atoms. The Morgan fingerprint density at radius 2 is 1.68 bits per heavy atom. The van der Waals surface area contributed by atoms with Crippen molar-refractivity contribution in [1.82, 2.24) is 20.1 Å². The van der Waals surface area contributed by atoms with Crippen molar-refractivity contribution in [2.24, 2.45) is 0 Å². The number of methoxy groups -OCH3 is 3. The van der Waals surface area contributed by atoms with Gasteiger partial charge in [0, 0.05) is 29.9 Å². The number of amides is 2. The average Bonchev–Trinajstić information content (AvgIpc) is 3.37. The number of carbonyl (C=O) groups excluding carboxylic acids is 2. The lowest BCUT2D eigenvalue weighted by Crippen LogP contribution is -2.42. The smallest absolute Gasteiger partial charge is 0.240 e. The molecule has 0 radical (unpaired) electrons. The minimum absolute atomic E-state index is 0.164. The summed E-state index contributed by atoms with van der Waals surface area (Å²) in [6.07, 6.45) is 3.36. The molecular formula is C33H37N5O5S. The molecule has 4 aromatic rings. The highest BCUT2D eigenvalue weighted by atomic mass is 32.2. The normalized spacial score (nSPS) is 14.9. The quantitative estimate of drug-likeness (QED) is 0.278. The third-order valence-electron chi connectivity index (χ3n) is 7.37. The number of nitrogens with zero attached hydrogens (tertiary/aromatic N) is 4. The molecule has 0 saturated carbocycles. The number of ether oxygens (including phenoxy) is 3. The minimum Gasteiger partial charge on any atom is -0.497 e. The molecule has 0 unspecified atom stereocenters. The number of benzene rings is 2. The van der Waals surface area contributed by atoms with Crippen molar-refractivity contribution in [3.63, 3.8) is 0 Å². The Morgan fingerprint density at radius 1 is 0.977 bits per heavy atom. The highest BCUT2D eigenvalue weighted by Gasteiger charge is 2.40. The van der Waals surface area contributed by atoms with Crippen molar-refractivity contribution in [2.45, 2.75) is 38.0 Å². The topological polar surface area (TPSA) is 108 Å². The summed E-state index contributed by atoms with van der Waals surface area (Å²) in [5.74, 6) is 2.17. The lowest BCUT2D eigenvalue weighted by atomic mass is 9.87. The molecule has 0 bridgehead atoms. The number of hydrogen-bond acceptors (Lipinski definition) is 8. The van der Waals surface area contributed by atoms with Gasteiger partial charge in [0.05, 0.1) is 43.7 Å². The maximum atomic E-state index is 13.9. The molecule has 2 aromatic carbocycles. The molecule has 0 fully saturated rings. The number of thioether (sulfide) groups is 1. The summed E-state index contributed by atoms with van der Waals surface area (Å²) >= 11 is 1.51. The Kier molecular flexibility index (Phi) is 9.14. The maximum Gasteiger partial charge on any atom is 0.240 e. The Morgan fingerprint density at radius 3 is 2.32 bits per heavy atom. The summed E-state index contributed by atoms with van der Waals surface area (Å²) in [5.41, 5.74) is 3.90. The predicted octanol–water partition coefficient (Wildman–Crippen LogP) is 5.08. The van der Waals surface area contributed by atoms with Gasteiger partial charge in [0.1, 0.15) is 18.1 Å². The van der Waals surface area contributed by atoms with Crippen molar-refractivity contribution in [2.75, 3.05) is 38.5 Å². The van der Waals surface area contributed by atoms with Gasteiger partial charge in [-0.2, -0.15) is 5.10 Å². The summed E-state index contributed by atoms with van der Waals surface area (Å²) in [7, 11) is 4.82. The molecule has 2 amide bonds. The third kappa shape index (κ3) is 6.37. The zero-order valence-electron chi connectivity index (χ0n) is 25.8. The summed E-state index contributed by atoms with van der Waals surface area (Å²) in [6, 6.07) is 17.0. The van der Waals surface area contributed by atoms with Gasteiger partial charge in [0.2, 0.25) is 11.8 Å². The van der Waals surface area contributed by atoms with Crippen LogP contribution in [0.4, 0.5) is 5.82 Å². The highest BCUT2D eigenvalue weighted by molar-refractivity contribution is 8.00. The summed E-state index contributed by atoms with van der Waals surface area (Å²) in [4.78, 5) is 32.9. The lowest BCUT2D eigenvalue weighted by Gasteiger charge is -2.25. The van der Waals surface area contributed by atoms with Gasteiger partial charge < -0.3 is 19.5 Å². The highest BCUT2D eigenvalue weighted by Crippen LogP contribution is 2.49. The second-order valence-corrected chi connectivity index (χ2v) is 12.5. The second kappa shape index (κ2) is 13.0. The van der Waals surface area contributed by atoms with Crippen LogP contribution >= 0.6 is 11.8 Å². The Bertz CT molecular complexity index is 1630. The lowest BCUT2D eigenvalue weighted by molar-refractivity contribution is -0.123. The van der Waals surface area contributed by atoms with E-state index in [0.717, 1.165) is 28.1 Å². The van der Waals surface area contributed by atoms with E-state index in [1.54, 1.807) is 43.3 Å². The molecule has 11 heteroatoms. The molecular weight excluding hydrogens is 578 g/mol. The SMILES string of the molecule is COc1ccc(-n2nc(C(C)(C)C)c3c2N(CC(=O)NCc2ccncc2)C(=O)CS[C@H]3c2ccc(OC)c(OC)c2)cc1. The van der Waals surface area contributed by atoms with E-state index in [1.165, 1.54) is 11.8 Å². The van der Waals surface area contributed by atoms with E-state index in [1.807, 2.05) is 54.6 Å². The first-order chi connectivity index (χ1) is 21.1. The maximum absolute atomic E-state index is 13.9. The number of aromatic nitrogens is 3. The molecule has 10 nitrogen and oxygen atoms in total. The number of hydrogen-bond donors (Lipinski definition) is 1. The monoisotopic (exact) mass is 615 g/mol. The molecule has 3 heterocycles. The molecule has 0 aliphatic carbocycles. The summed E-state index contributed by atoms with van der Waals surface area (Å²) in [5, 5.41) is 7.82.